The Kier molecular flexibility index (Phi) is 5.44. The van der Waals surface area contributed by atoms with E-state index >= 15 is 0 Å². The number of hydrogen-bond donors (Lipinski definition) is 2. The molecule has 4 heteroatoms. The minimum absolute atomic E-state index is 0.235. The summed E-state index contributed by atoms with van der Waals surface area (Å²) in [5.41, 5.74) is 9.62. The molecule has 1 atom stereocenters. The van der Waals surface area contributed by atoms with Gasteiger partial charge in [0.1, 0.15) is 5.75 Å². The number of nitrogens with one attached hydrogen (secondary N) is 1. The molecule has 0 saturated carbocycles. The molecule has 1 unspecified atom stereocenters. The van der Waals surface area contributed by atoms with E-state index in [1.807, 2.05) is 30.3 Å². The van der Waals surface area contributed by atoms with Crippen LogP contribution < -0.4 is 10.5 Å². The summed E-state index contributed by atoms with van der Waals surface area (Å²) in [7, 11) is 0. The first kappa shape index (κ1) is 16.9. The molecule has 1 heterocycles. The summed E-state index contributed by atoms with van der Waals surface area (Å²) >= 11 is 6.16. The van der Waals surface area contributed by atoms with Crippen LogP contribution in [0.4, 0.5) is 0 Å². The molecule has 0 amide bonds. The zero-order valence-electron chi connectivity index (χ0n) is 13.9. The maximum Gasteiger partial charge on any atom is 0.119 e. The monoisotopic (exact) mass is 342 g/mol. The van der Waals surface area contributed by atoms with E-state index in [2.05, 4.69) is 30.2 Å². The van der Waals surface area contributed by atoms with Crippen molar-refractivity contribution < 1.29 is 4.74 Å². The summed E-state index contributed by atoms with van der Waals surface area (Å²) in [5, 5.41) is 1.89. The summed E-state index contributed by atoms with van der Waals surface area (Å²) < 4.78 is 5.73. The van der Waals surface area contributed by atoms with Gasteiger partial charge in [-0.3, -0.25) is 0 Å². The van der Waals surface area contributed by atoms with E-state index in [4.69, 9.17) is 22.1 Å². The fraction of sp³-hybridized carbons (Fsp3) is 0.300. The third-order valence-corrected chi connectivity index (χ3v) is 4.49. The van der Waals surface area contributed by atoms with Crippen molar-refractivity contribution in [3.8, 4) is 5.75 Å². The molecule has 3 rings (SSSR count). The Balaban J connectivity index is 1.85. The molecule has 24 heavy (non-hydrogen) atoms. The van der Waals surface area contributed by atoms with Crippen molar-refractivity contribution in [1.82, 2.24) is 4.98 Å². The predicted molar refractivity (Wildman–Crippen MR) is 101 cm³/mol. The molecule has 0 aliphatic rings. The van der Waals surface area contributed by atoms with Gasteiger partial charge in [-0.1, -0.05) is 30.7 Å². The van der Waals surface area contributed by atoms with Gasteiger partial charge in [0, 0.05) is 28.0 Å². The number of ether oxygens (including phenoxy) is 1. The van der Waals surface area contributed by atoms with Gasteiger partial charge in [0.2, 0.25) is 0 Å². The maximum absolute atomic E-state index is 6.16. The molecule has 1 aromatic heterocycles. The van der Waals surface area contributed by atoms with E-state index in [9.17, 15) is 0 Å². The van der Waals surface area contributed by atoms with Crippen molar-refractivity contribution in [2.24, 2.45) is 5.73 Å². The summed E-state index contributed by atoms with van der Waals surface area (Å²) in [4.78, 5) is 3.32. The summed E-state index contributed by atoms with van der Waals surface area (Å²) in [6, 6.07) is 14.2. The third kappa shape index (κ3) is 3.74. The molecule has 0 spiro atoms. The van der Waals surface area contributed by atoms with E-state index in [0.29, 0.717) is 6.54 Å². The van der Waals surface area contributed by atoms with Gasteiger partial charge in [0.25, 0.3) is 0 Å². The maximum atomic E-state index is 6.16. The second kappa shape index (κ2) is 7.73. The van der Waals surface area contributed by atoms with Gasteiger partial charge < -0.3 is 15.5 Å². The normalized spacial score (nSPS) is 12.5. The Labute approximate surface area is 147 Å². The van der Waals surface area contributed by atoms with Crippen molar-refractivity contribution in [2.75, 3.05) is 13.2 Å². The first-order valence-corrected chi connectivity index (χ1v) is 8.77. The van der Waals surface area contributed by atoms with E-state index in [-0.39, 0.29) is 5.92 Å². The molecule has 126 valence electrons. The number of rotatable bonds is 7. The molecule has 0 radical (unpaired) electrons. The highest BCUT2D eigenvalue weighted by Crippen LogP contribution is 2.30. The second-order valence-electron chi connectivity index (χ2n) is 6.07. The molecule has 3 nitrogen and oxygen atoms in total. The van der Waals surface area contributed by atoms with Crippen molar-refractivity contribution in [1.29, 1.82) is 0 Å². The molecule has 0 aliphatic carbocycles. The van der Waals surface area contributed by atoms with Crippen LogP contribution in [0.15, 0.2) is 48.7 Å². The highest BCUT2D eigenvalue weighted by molar-refractivity contribution is 6.31. The molecular weight excluding hydrogens is 320 g/mol. The highest BCUT2D eigenvalue weighted by atomic mass is 35.5. The molecule has 3 aromatic rings. The van der Waals surface area contributed by atoms with Gasteiger partial charge >= 0.3 is 0 Å². The van der Waals surface area contributed by atoms with Gasteiger partial charge in [-0.05, 0) is 60.8 Å². The molecule has 0 fully saturated rings. The zero-order valence-corrected chi connectivity index (χ0v) is 14.6. The SMILES string of the molecule is CCCOc1cccc(CC(CN)c2c[nH]c3ccc(Cl)cc23)c1. The summed E-state index contributed by atoms with van der Waals surface area (Å²) in [5.74, 6) is 1.16. The van der Waals surface area contributed by atoms with Crippen LogP contribution in [0.3, 0.4) is 0 Å². The smallest absolute Gasteiger partial charge is 0.119 e. The number of H-pyrrole nitrogens is 1. The Morgan fingerprint density at radius 1 is 1.21 bits per heavy atom. The average Bonchev–Trinajstić information content (AvgIpc) is 3.01. The minimum Gasteiger partial charge on any atom is -0.494 e. The standard InChI is InChI=1S/C20H23ClN2O/c1-2-8-24-17-5-3-4-14(10-17)9-15(12-22)19-13-23-20-7-6-16(21)11-18(19)20/h3-7,10-11,13,15,23H,2,8-9,12,22H2,1H3. The molecular formula is C20H23ClN2O. The molecule has 0 aliphatic heterocycles. The van der Waals surface area contributed by atoms with Crippen molar-refractivity contribution in [3.63, 3.8) is 0 Å². The zero-order chi connectivity index (χ0) is 16.9. The van der Waals surface area contributed by atoms with E-state index < -0.39 is 0 Å². The van der Waals surface area contributed by atoms with Crippen LogP contribution in [0.25, 0.3) is 10.9 Å². The lowest BCUT2D eigenvalue weighted by molar-refractivity contribution is 0.317. The average molecular weight is 343 g/mol. The van der Waals surface area contributed by atoms with Crippen LogP contribution in [0.1, 0.15) is 30.4 Å². The largest absolute Gasteiger partial charge is 0.494 e. The Bertz CT molecular complexity index is 812. The van der Waals surface area contributed by atoms with E-state index in [0.717, 1.165) is 41.1 Å². The Morgan fingerprint density at radius 3 is 2.88 bits per heavy atom. The summed E-state index contributed by atoms with van der Waals surface area (Å²) in [6.45, 7) is 3.43. The van der Waals surface area contributed by atoms with Crippen LogP contribution in [0, 0.1) is 0 Å². The van der Waals surface area contributed by atoms with E-state index in [1.165, 1.54) is 11.1 Å². The topological polar surface area (TPSA) is 51.0 Å². The molecule has 0 saturated heterocycles. The van der Waals surface area contributed by atoms with Crippen molar-refractivity contribution in [3.05, 3.63) is 64.8 Å². The first-order valence-electron chi connectivity index (χ1n) is 8.39. The Morgan fingerprint density at radius 2 is 2.08 bits per heavy atom. The lowest BCUT2D eigenvalue weighted by atomic mass is 9.91. The lowest BCUT2D eigenvalue weighted by Gasteiger charge is -2.15. The molecule has 2 aromatic carbocycles. The summed E-state index contributed by atoms with van der Waals surface area (Å²) in [6.07, 6.45) is 3.93. The molecule has 0 bridgehead atoms. The second-order valence-corrected chi connectivity index (χ2v) is 6.50. The van der Waals surface area contributed by atoms with Crippen LogP contribution in [0.2, 0.25) is 5.02 Å². The van der Waals surface area contributed by atoms with Gasteiger partial charge in [-0.2, -0.15) is 0 Å². The van der Waals surface area contributed by atoms with Gasteiger partial charge in [-0.25, -0.2) is 0 Å². The fourth-order valence-electron chi connectivity index (χ4n) is 3.04. The van der Waals surface area contributed by atoms with Crippen molar-refractivity contribution in [2.45, 2.75) is 25.7 Å². The van der Waals surface area contributed by atoms with Gasteiger partial charge in [0.15, 0.2) is 0 Å². The number of aromatic amines is 1. The van der Waals surface area contributed by atoms with Crippen LogP contribution >= 0.6 is 11.6 Å². The Hall–Kier alpha value is -1.97. The molecule has 3 N–H and O–H groups in total. The third-order valence-electron chi connectivity index (χ3n) is 4.25. The van der Waals surface area contributed by atoms with Crippen LogP contribution in [0.5, 0.6) is 5.75 Å². The number of benzene rings is 2. The van der Waals surface area contributed by atoms with Crippen molar-refractivity contribution >= 4 is 22.5 Å². The fourth-order valence-corrected chi connectivity index (χ4v) is 3.21. The number of halogens is 1. The highest BCUT2D eigenvalue weighted by Gasteiger charge is 2.16. The quantitative estimate of drug-likeness (QED) is 0.642. The predicted octanol–water partition coefficient (Wildman–Crippen LogP) is 4.90. The first-order chi connectivity index (χ1) is 11.7. The van der Waals surface area contributed by atoms with Gasteiger partial charge in [-0.15, -0.1) is 0 Å². The van der Waals surface area contributed by atoms with Crippen LogP contribution in [-0.2, 0) is 6.42 Å². The van der Waals surface area contributed by atoms with E-state index in [1.54, 1.807) is 0 Å². The lowest BCUT2D eigenvalue weighted by Crippen LogP contribution is -2.14. The van der Waals surface area contributed by atoms with Gasteiger partial charge in [0.05, 0.1) is 6.61 Å². The number of aromatic nitrogens is 1. The minimum atomic E-state index is 0.235. The van der Waals surface area contributed by atoms with Crippen LogP contribution in [-0.4, -0.2) is 18.1 Å². The number of nitrogens with two attached hydrogens (primary N) is 1. The number of hydrogen-bond acceptors (Lipinski definition) is 2. The number of fused-ring (bicyclic) bond motifs is 1.